The van der Waals surface area contributed by atoms with Crippen LogP contribution in [0.3, 0.4) is 0 Å². The highest BCUT2D eigenvalue weighted by Crippen LogP contribution is 2.17. The number of carbonyl (C=O) groups excluding carboxylic acids is 1. The zero-order valence-corrected chi connectivity index (χ0v) is 8.60. The summed E-state index contributed by atoms with van der Waals surface area (Å²) in [5.41, 5.74) is 1.86. The number of fused-ring (bicyclic) bond motifs is 1. The van der Waals surface area contributed by atoms with Crippen molar-refractivity contribution in [1.82, 2.24) is 9.78 Å². The molecule has 0 fully saturated rings. The molecule has 2 aromatic rings. The Balaban J connectivity index is 2.52. The number of benzene rings is 1. The van der Waals surface area contributed by atoms with Crippen LogP contribution in [0.1, 0.15) is 5.69 Å². The van der Waals surface area contributed by atoms with Gasteiger partial charge in [-0.3, -0.25) is 9.48 Å². The van der Waals surface area contributed by atoms with E-state index in [9.17, 15) is 4.79 Å². The first-order chi connectivity index (χ1) is 7.22. The van der Waals surface area contributed by atoms with Gasteiger partial charge in [0.15, 0.2) is 5.78 Å². The Bertz CT molecular complexity index is 525. The van der Waals surface area contributed by atoms with Gasteiger partial charge in [-0.2, -0.15) is 5.10 Å². The fourth-order valence-electron chi connectivity index (χ4n) is 1.66. The van der Waals surface area contributed by atoms with Crippen molar-refractivity contribution in [3.05, 3.63) is 42.6 Å². The molecule has 0 saturated carbocycles. The van der Waals surface area contributed by atoms with Crippen LogP contribution in [0.2, 0.25) is 0 Å². The van der Waals surface area contributed by atoms with E-state index in [-0.39, 0.29) is 5.78 Å². The topological polar surface area (TPSA) is 34.9 Å². The van der Waals surface area contributed by atoms with E-state index in [1.165, 1.54) is 6.08 Å². The predicted molar refractivity (Wildman–Crippen MR) is 59.6 cm³/mol. The number of aromatic nitrogens is 2. The Labute approximate surface area is 88.0 Å². The lowest BCUT2D eigenvalue weighted by atomic mass is 10.1. The largest absolute Gasteiger partial charge is 0.294 e. The zero-order valence-electron chi connectivity index (χ0n) is 8.60. The van der Waals surface area contributed by atoms with Crippen LogP contribution in [-0.2, 0) is 18.3 Å². The Morgan fingerprint density at radius 3 is 3.00 bits per heavy atom. The number of rotatable bonds is 3. The maximum absolute atomic E-state index is 11.3. The average Bonchev–Trinajstić information content (AvgIpc) is 2.57. The van der Waals surface area contributed by atoms with Crippen LogP contribution in [0.4, 0.5) is 0 Å². The minimum Gasteiger partial charge on any atom is -0.294 e. The first-order valence-electron chi connectivity index (χ1n) is 4.78. The molecule has 0 aliphatic rings. The lowest BCUT2D eigenvalue weighted by Crippen LogP contribution is -1.99. The maximum Gasteiger partial charge on any atom is 0.161 e. The minimum absolute atomic E-state index is 0.00106. The van der Waals surface area contributed by atoms with Crippen LogP contribution in [0.15, 0.2) is 36.9 Å². The van der Waals surface area contributed by atoms with Crippen molar-refractivity contribution in [2.45, 2.75) is 6.42 Å². The molecule has 3 nitrogen and oxygen atoms in total. The highest BCUT2D eigenvalue weighted by Gasteiger charge is 2.09. The molecular formula is C12H12N2O. The molecule has 1 heterocycles. The summed E-state index contributed by atoms with van der Waals surface area (Å²) < 4.78 is 1.79. The Hall–Kier alpha value is -1.90. The number of nitrogens with zero attached hydrogens (tertiary/aromatic N) is 2. The first-order valence-corrected chi connectivity index (χ1v) is 4.78. The average molecular weight is 200 g/mol. The highest BCUT2D eigenvalue weighted by molar-refractivity contribution is 5.94. The summed E-state index contributed by atoms with van der Waals surface area (Å²) >= 11 is 0. The molecule has 0 aliphatic carbocycles. The van der Waals surface area contributed by atoms with Crippen molar-refractivity contribution in [2.24, 2.45) is 7.05 Å². The minimum atomic E-state index is -0.00106. The van der Waals surface area contributed by atoms with E-state index < -0.39 is 0 Å². The maximum atomic E-state index is 11.3. The lowest BCUT2D eigenvalue weighted by Gasteiger charge is -1.92. The van der Waals surface area contributed by atoms with Crippen molar-refractivity contribution in [1.29, 1.82) is 0 Å². The van der Waals surface area contributed by atoms with Gasteiger partial charge in [0, 0.05) is 12.4 Å². The molecule has 1 aromatic carbocycles. The van der Waals surface area contributed by atoms with Gasteiger partial charge in [0.25, 0.3) is 0 Å². The van der Waals surface area contributed by atoms with Gasteiger partial charge in [0.05, 0.1) is 17.6 Å². The third kappa shape index (κ3) is 1.68. The molecule has 0 spiro atoms. The van der Waals surface area contributed by atoms with E-state index in [2.05, 4.69) is 11.7 Å². The van der Waals surface area contributed by atoms with Gasteiger partial charge in [-0.15, -0.1) is 0 Å². The molecule has 0 atom stereocenters. The smallest absolute Gasteiger partial charge is 0.161 e. The van der Waals surface area contributed by atoms with Crippen molar-refractivity contribution in [2.75, 3.05) is 0 Å². The molecule has 3 heteroatoms. The number of para-hydroxylation sites is 1. The second-order valence-electron chi connectivity index (χ2n) is 3.43. The van der Waals surface area contributed by atoms with E-state index in [1.54, 1.807) is 4.68 Å². The summed E-state index contributed by atoms with van der Waals surface area (Å²) in [7, 11) is 1.88. The van der Waals surface area contributed by atoms with Gasteiger partial charge < -0.3 is 0 Å². The number of aryl methyl sites for hydroxylation is 1. The molecule has 1 aromatic heterocycles. The van der Waals surface area contributed by atoms with Crippen molar-refractivity contribution >= 4 is 16.7 Å². The Kier molecular flexibility index (Phi) is 2.37. The molecule has 0 saturated heterocycles. The Morgan fingerprint density at radius 1 is 1.53 bits per heavy atom. The summed E-state index contributed by atoms with van der Waals surface area (Å²) in [5, 5.41) is 5.36. The molecule has 2 rings (SSSR count). The van der Waals surface area contributed by atoms with Crippen LogP contribution in [0.5, 0.6) is 0 Å². The predicted octanol–water partition coefficient (Wildman–Crippen LogP) is 1.87. The van der Waals surface area contributed by atoms with Crippen LogP contribution in [0.25, 0.3) is 10.9 Å². The molecule has 76 valence electrons. The monoisotopic (exact) mass is 200 g/mol. The van der Waals surface area contributed by atoms with Crippen molar-refractivity contribution < 1.29 is 4.79 Å². The quantitative estimate of drug-likeness (QED) is 0.709. The van der Waals surface area contributed by atoms with E-state index >= 15 is 0 Å². The fraction of sp³-hybridized carbons (Fsp3) is 0.167. The van der Waals surface area contributed by atoms with Gasteiger partial charge in [0.2, 0.25) is 0 Å². The van der Waals surface area contributed by atoms with Gasteiger partial charge in [-0.1, -0.05) is 24.8 Å². The summed E-state index contributed by atoms with van der Waals surface area (Å²) in [6.45, 7) is 3.46. The third-order valence-electron chi connectivity index (χ3n) is 2.40. The second kappa shape index (κ2) is 3.69. The SMILES string of the molecule is C=CC(=O)Cc1nn(C)c2ccccc12. The summed E-state index contributed by atoms with van der Waals surface area (Å²) in [5.74, 6) is -0.00106. The number of hydrogen-bond acceptors (Lipinski definition) is 2. The fourth-order valence-corrected chi connectivity index (χ4v) is 1.66. The molecular weight excluding hydrogens is 188 g/mol. The van der Waals surface area contributed by atoms with Crippen molar-refractivity contribution in [3.8, 4) is 0 Å². The van der Waals surface area contributed by atoms with Crippen LogP contribution >= 0.6 is 0 Å². The van der Waals surface area contributed by atoms with E-state index in [0.717, 1.165) is 16.6 Å². The van der Waals surface area contributed by atoms with E-state index in [1.807, 2.05) is 31.3 Å². The lowest BCUT2D eigenvalue weighted by molar-refractivity contribution is -0.114. The second-order valence-corrected chi connectivity index (χ2v) is 3.43. The van der Waals surface area contributed by atoms with Gasteiger partial charge in [-0.05, 0) is 12.1 Å². The molecule has 0 amide bonds. The van der Waals surface area contributed by atoms with Gasteiger partial charge in [-0.25, -0.2) is 0 Å². The molecule has 0 aliphatic heterocycles. The Morgan fingerprint density at radius 2 is 2.27 bits per heavy atom. The van der Waals surface area contributed by atoms with E-state index in [4.69, 9.17) is 0 Å². The standard InChI is InChI=1S/C12H12N2O/c1-3-9(15)8-11-10-6-4-5-7-12(10)14(2)13-11/h3-7H,1,8H2,2H3. The van der Waals surface area contributed by atoms with Crippen molar-refractivity contribution in [3.63, 3.8) is 0 Å². The van der Waals surface area contributed by atoms with Crippen LogP contribution in [0, 0.1) is 0 Å². The molecule has 0 bridgehead atoms. The number of allylic oxidation sites excluding steroid dienone is 1. The van der Waals surface area contributed by atoms with Gasteiger partial charge in [0.1, 0.15) is 0 Å². The summed E-state index contributed by atoms with van der Waals surface area (Å²) in [6.07, 6.45) is 1.66. The van der Waals surface area contributed by atoms with E-state index in [0.29, 0.717) is 6.42 Å². The molecule has 0 radical (unpaired) electrons. The molecule has 15 heavy (non-hydrogen) atoms. The highest BCUT2D eigenvalue weighted by atomic mass is 16.1. The van der Waals surface area contributed by atoms with Crippen LogP contribution < -0.4 is 0 Å². The number of ketones is 1. The summed E-state index contributed by atoms with van der Waals surface area (Å²) in [4.78, 5) is 11.3. The molecule has 0 N–H and O–H groups in total. The zero-order chi connectivity index (χ0) is 10.8. The molecule has 0 unspecified atom stereocenters. The number of hydrogen-bond donors (Lipinski definition) is 0. The summed E-state index contributed by atoms with van der Waals surface area (Å²) in [6, 6.07) is 7.88. The third-order valence-corrected chi connectivity index (χ3v) is 2.40. The number of carbonyl (C=O) groups is 1. The normalized spacial score (nSPS) is 10.5. The first kappa shape index (κ1) is 9.65. The van der Waals surface area contributed by atoms with Gasteiger partial charge >= 0.3 is 0 Å². The van der Waals surface area contributed by atoms with Crippen LogP contribution in [-0.4, -0.2) is 15.6 Å².